The molecule has 0 radical (unpaired) electrons. The van der Waals surface area contributed by atoms with Crippen LogP contribution < -0.4 is 4.72 Å². The molecule has 0 heterocycles. The SMILES string of the molecule is CC(C)(C)c1ccc(S(=O)(=O)NCC2CCCC2)cc1. The van der Waals surface area contributed by atoms with E-state index in [4.69, 9.17) is 0 Å². The molecule has 1 N–H and O–H groups in total. The summed E-state index contributed by atoms with van der Waals surface area (Å²) < 4.78 is 27.2. The number of hydrogen-bond donors (Lipinski definition) is 1. The van der Waals surface area contributed by atoms with Crippen LogP contribution in [0.3, 0.4) is 0 Å². The molecule has 0 saturated heterocycles. The highest BCUT2D eigenvalue weighted by Crippen LogP contribution is 2.25. The number of benzene rings is 1. The summed E-state index contributed by atoms with van der Waals surface area (Å²) in [6.45, 7) is 6.93. The van der Waals surface area contributed by atoms with Crippen molar-refractivity contribution in [1.29, 1.82) is 0 Å². The average Bonchev–Trinajstić information content (AvgIpc) is 2.89. The normalized spacial score (nSPS) is 17.6. The van der Waals surface area contributed by atoms with Gasteiger partial charge < -0.3 is 0 Å². The molecule has 0 amide bonds. The minimum atomic E-state index is -3.36. The van der Waals surface area contributed by atoms with Crippen molar-refractivity contribution < 1.29 is 8.42 Å². The van der Waals surface area contributed by atoms with Gasteiger partial charge in [0.2, 0.25) is 10.0 Å². The Kier molecular flexibility index (Phi) is 4.55. The number of sulfonamides is 1. The molecule has 4 heteroatoms. The third kappa shape index (κ3) is 3.83. The van der Waals surface area contributed by atoms with Crippen LogP contribution in [0.5, 0.6) is 0 Å². The molecule has 0 bridgehead atoms. The summed E-state index contributed by atoms with van der Waals surface area (Å²) in [7, 11) is -3.36. The maximum absolute atomic E-state index is 12.2. The van der Waals surface area contributed by atoms with E-state index >= 15 is 0 Å². The van der Waals surface area contributed by atoms with Crippen LogP contribution >= 0.6 is 0 Å². The minimum absolute atomic E-state index is 0.0412. The van der Waals surface area contributed by atoms with Crippen LogP contribution in [-0.4, -0.2) is 15.0 Å². The molecule has 0 unspecified atom stereocenters. The average molecular weight is 295 g/mol. The van der Waals surface area contributed by atoms with Gasteiger partial charge in [-0.3, -0.25) is 0 Å². The molecule has 1 saturated carbocycles. The van der Waals surface area contributed by atoms with Gasteiger partial charge in [-0.05, 0) is 41.9 Å². The molecular weight excluding hydrogens is 270 g/mol. The molecule has 1 fully saturated rings. The van der Waals surface area contributed by atoms with E-state index in [1.807, 2.05) is 12.1 Å². The fourth-order valence-corrected chi connectivity index (χ4v) is 3.78. The molecule has 0 aliphatic heterocycles. The van der Waals surface area contributed by atoms with Crippen molar-refractivity contribution in [1.82, 2.24) is 4.72 Å². The van der Waals surface area contributed by atoms with Crippen LogP contribution in [0.4, 0.5) is 0 Å². The van der Waals surface area contributed by atoms with Crippen molar-refractivity contribution >= 4 is 10.0 Å². The zero-order valence-electron chi connectivity index (χ0n) is 12.6. The van der Waals surface area contributed by atoms with E-state index in [9.17, 15) is 8.42 Å². The smallest absolute Gasteiger partial charge is 0.211 e. The van der Waals surface area contributed by atoms with E-state index in [1.165, 1.54) is 12.8 Å². The van der Waals surface area contributed by atoms with E-state index in [0.717, 1.165) is 18.4 Å². The Morgan fingerprint density at radius 3 is 2.15 bits per heavy atom. The minimum Gasteiger partial charge on any atom is -0.211 e. The molecule has 1 aliphatic rings. The summed E-state index contributed by atoms with van der Waals surface area (Å²) in [6, 6.07) is 7.23. The van der Waals surface area contributed by atoms with Gasteiger partial charge in [0.15, 0.2) is 0 Å². The van der Waals surface area contributed by atoms with Gasteiger partial charge in [-0.15, -0.1) is 0 Å². The first kappa shape index (κ1) is 15.5. The Labute approximate surface area is 122 Å². The highest BCUT2D eigenvalue weighted by molar-refractivity contribution is 7.89. The van der Waals surface area contributed by atoms with Gasteiger partial charge in [0.1, 0.15) is 0 Å². The first-order chi connectivity index (χ1) is 9.29. The second-order valence-corrected chi connectivity index (χ2v) is 8.54. The highest BCUT2D eigenvalue weighted by Gasteiger charge is 2.20. The maximum Gasteiger partial charge on any atom is 0.240 e. The van der Waals surface area contributed by atoms with Crippen LogP contribution in [0.15, 0.2) is 29.2 Å². The molecule has 3 nitrogen and oxygen atoms in total. The van der Waals surface area contributed by atoms with E-state index in [-0.39, 0.29) is 5.41 Å². The molecule has 2 rings (SSSR count). The zero-order valence-corrected chi connectivity index (χ0v) is 13.5. The van der Waals surface area contributed by atoms with Gasteiger partial charge in [-0.25, -0.2) is 13.1 Å². The summed E-state index contributed by atoms with van der Waals surface area (Å²) >= 11 is 0. The first-order valence-electron chi connectivity index (χ1n) is 7.39. The lowest BCUT2D eigenvalue weighted by Crippen LogP contribution is -2.28. The largest absolute Gasteiger partial charge is 0.240 e. The Hall–Kier alpha value is -0.870. The second kappa shape index (κ2) is 5.86. The van der Waals surface area contributed by atoms with Crippen molar-refractivity contribution in [2.24, 2.45) is 5.92 Å². The van der Waals surface area contributed by atoms with Crippen LogP contribution in [0.2, 0.25) is 0 Å². The summed E-state index contributed by atoms with van der Waals surface area (Å²) in [5.41, 5.74) is 1.19. The van der Waals surface area contributed by atoms with E-state index < -0.39 is 10.0 Å². The van der Waals surface area contributed by atoms with Gasteiger partial charge >= 0.3 is 0 Å². The molecule has 0 spiro atoms. The Morgan fingerprint density at radius 1 is 1.10 bits per heavy atom. The molecule has 1 aromatic rings. The van der Waals surface area contributed by atoms with Crippen molar-refractivity contribution in [2.45, 2.75) is 56.8 Å². The van der Waals surface area contributed by atoms with E-state index in [2.05, 4.69) is 25.5 Å². The summed E-state index contributed by atoms with van der Waals surface area (Å²) in [6.07, 6.45) is 4.75. The van der Waals surface area contributed by atoms with Crippen LogP contribution in [-0.2, 0) is 15.4 Å². The van der Waals surface area contributed by atoms with E-state index in [1.54, 1.807) is 12.1 Å². The third-order valence-electron chi connectivity index (χ3n) is 4.07. The fourth-order valence-electron chi connectivity index (χ4n) is 2.66. The molecule has 1 aliphatic carbocycles. The molecule has 0 aromatic heterocycles. The third-order valence-corrected chi connectivity index (χ3v) is 5.51. The van der Waals surface area contributed by atoms with Crippen molar-refractivity contribution in [3.8, 4) is 0 Å². The summed E-state index contributed by atoms with van der Waals surface area (Å²) in [5.74, 6) is 0.513. The quantitative estimate of drug-likeness (QED) is 0.924. The lowest BCUT2D eigenvalue weighted by molar-refractivity contribution is 0.519. The second-order valence-electron chi connectivity index (χ2n) is 6.78. The van der Waals surface area contributed by atoms with Crippen LogP contribution in [0, 0.1) is 5.92 Å². The van der Waals surface area contributed by atoms with Gasteiger partial charge in [0.25, 0.3) is 0 Å². The number of hydrogen-bond acceptors (Lipinski definition) is 2. The van der Waals surface area contributed by atoms with Gasteiger partial charge in [-0.1, -0.05) is 45.7 Å². The lowest BCUT2D eigenvalue weighted by atomic mass is 9.87. The number of rotatable bonds is 4. The van der Waals surface area contributed by atoms with Gasteiger partial charge in [0.05, 0.1) is 4.90 Å². The van der Waals surface area contributed by atoms with Crippen molar-refractivity contribution in [3.05, 3.63) is 29.8 Å². The first-order valence-corrected chi connectivity index (χ1v) is 8.87. The predicted molar refractivity (Wildman–Crippen MR) is 82.3 cm³/mol. The topological polar surface area (TPSA) is 46.2 Å². The van der Waals surface area contributed by atoms with Crippen molar-refractivity contribution in [2.75, 3.05) is 6.54 Å². The molecule has 1 aromatic carbocycles. The Morgan fingerprint density at radius 2 is 1.65 bits per heavy atom. The van der Waals surface area contributed by atoms with Gasteiger partial charge in [-0.2, -0.15) is 0 Å². The molecular formula is C16H25NO2S. The number of nitrogens with one attached hydrogen (secondary N) is 1. The summed E-state index contributed by atoms with van der Waals surface area (Å²) in [5, 5.41) is 0. The molecule has 112 valence electrons. The Bertz CT molecular complexity index is 535. The fraction of sp³-hybridized carbons (Fsp3) is 0.625. The van der Waals surface area contributed by atoms with Crippen LogP contribution in [0.1, 0.15) is 52.0 Å². The van der Waals surface area contributed by atoms with Crippen LogP contribution in [0.25, 0.3) is 0 Å². The molecule has 0 atom stereocenters. The summed E-state index contributed by atoms with van der Waals surface area (Å²) in [4.78, 5) is 0.364. The Balaban J connectivity index is 2.05. The molecule has 20 heavy (non-hydrogen) atoms. The predicted octanol–water partition coefficient (Wildman–Crippen LogP) is 3.45. The monoisotopic (exact) mass is 295 g/mol. The zero-order chi connectivity index (χ0) is 14.8. The van der Waals surface area contributed by atoms with E-state index in [0.29, 0.717) is 17.4 Å². The van der Waals surface area contributed by atoms with Crippen molar-refractivity contribution in [3.63, 3.8) is 0 Å². The highest BCUT2D eigenvalue weighted by atomic mass is 32.2. The maximum atomic E-state index is 12.2. The standard InChI is InChI=1S/C16H25NO2S/c1-16(2,3)14-8-10-15(11-9-14)20(18,19)17-12-13-6-4-5-7-13/h8-11,13,17H,4-7,12H2,1-3H3. The van der Waals surface area contributed by atoms with Gasteiger partial charge in [0, 0.05) is 6.54 Å². The lowest BCUT2D eigenvalue weighted by Gasteiger charge is -2.19.